The van der Waals surface area contributed by atoms with Gasteiger partial charge in [0.2, 0.25) is 0 Å². The van der Waals surface area contributed by atoms with Crippen LogP contribution >= 0.6 is 0 Å². The normalized spacial score (nSPS) is 16.3. The van der Waals surface area contributed by atoms with Crippen molar-refractivity contribution >= 4 is 11.6 Å². The van der Waals surface area contributed by atoms with E-state index in [1.54, 1.807) is 24.3 Å². The number of nitrogens with zero attached hydrogens (tertiary/aromatic N) is 2. The van der Waals surface area contributed by atoms with Crippen molar-refractivity contribution in [2.24, 2.45) is 0 Å². The lowest BCUT2D eigenvalue weighted by Gasteiger charge is -2.24. The predicted octanol–water partition coefficient (Wildman–Crippen LogP) is 1.41. The van der Waals surface area contributed by atoms with Gasteiger partial charge in [0.15, 0.2) is 5.78 Å². The number of hydrogen-bond donors (Lipinski definition) is 0. The lowest BCUT2D eigenvalue weighted by Crippen LogP contribution is -2.37. The molecule has 0 unspecified atom stereocenters. The molecular formula is C14H14N2O2. The van der Waals surface area contributed by atoms with Crippen molar-refractivity contribution in [3.8, 4) is 6.07 Å². The first-order valence-electron chi connectivity index (χ1n) is 5.96. The first-order valence-corrected chi connectivity index (χ1v) is 5.96. The molecule has 0 bridgehead atoms. The van der Waals surface area contributed by atoms with Gasteiger partial charge in [0.05, 0.1) is 18.2 Å². The molecule has 4 nitrogen and oxygen atoms in total. The highest BCUT2D eigenvalue weighted by molar-refractivity contribution is 5.97. The van der Waals surface area contributed by atoms with E-state index in [0.717, 1.165) is 0 Å². The maximum absolute atomic E-state index is 12.0. The highest BCUT2D eigenvalue weighted by Crippen LogP contribution is 2.09. The van der Waals surface area contributed by atoms with Crippen LogP contribution in [-0.4, -0.2) is 36.1 Å². The third-order valence-electron chi connectivity index (χ3n) is 3.12. The Hall–Kier alpha value is -1.99. The van der Waals surface area contributed by atoms with Gasteiger partial charge in [-0.05, 0) is 12.1 Å². The second-order valence-electron chi connectivity index (χ2n) is 4.43. The van der Waals surface area contributed by atoms with Crippen molar-refractivity contribution < 1.29 is 9.59 Å². The maximum atomic E-state index is 12.0. The van der Waals surface area contributed by atoms with Gasteiger partial charge in [-0.1, -0.05) is 12.1 Å². The first kappa shape index (κ1) is 12.5. The number of Topliss-reactive ketones (excluding diaryl/α,β-unsaturated/α-hetero) is 2. The number of rotatable bonds is 3. The van der Waals surface area contributed by atoms with Crippen molar-refractivity contribution in [1.82, 2.24) is 4.90 Å². The zero-order chi connectivity index (χ0) is 13.0. The highest BCUT2D eigenvalue weighted by Gasteiger charge is 2.18. The molecule has 18 heavy (non-hydrogen) atoms. The largest absolute Gasteiger partial charge is 0.300 e. The van der Waals surface area contributed by atoms with Gasteiger partial charge < -0.3 is 0 Å². The van der Waals surface area contributed by atoms with Crippen LogP contribution in [0.25, 0.3) is 0 Å². The van der Waals surface area contributed by atoms with Gasteiger partial charge in [-0.3, -0.25) is 14.5 Å². The van der Waals surface area contributed by atoms with Crippen LogP contribution in [0.5, 0.6) is 0 Å². The molecule has 0 aliphatic carbocycles. The van der Waals surface area contributed by atoms with Gasteiger partial charge in [0, 0.05) is 31.5 Å². The van der Waals surface area contributed by atoms with Gasteiger partial charge in [0.25, 0.3) is 0 Å². The summed E-state index contributed by atoms with van der Waals surface area (Å²) in [5.41, 5.74) is 1.17. The monoisotopic (exact) mass is 242 g/mol. The number of hydrogen-bond acceptors (Lipinski definition) is 4. The van der Waals surface area contributed by atoms with Crippen LogP contribution in [0.4, 0.5) is 0 Å². The summed E-state index contributed by atoms with van der Waals surface area (Å²) in [6.45, 7) is 1.68. The van der Waals surface area contributed by atoms with Crippen LogP contribution in [-0.2, 0) is 4.79 Å². The van der Waals surface area contributed by atoms with E-state index < -0.39 is 0 Å². The minimum atomic E-state index is 0.0360. The fourth-order valence-electron chi connectivity index (χ4n) is 1.99. The topological polar surface area (TPSA) is 61.2 Å². The van der Waals surface area contributed by atoms with Crippen LogP contribution in [0.15, 0.2) is 24.3 Å². The summed E-state index contributed by atoms with van der Waals surface area (Å²) < 4.78 is 0. The number of ketones is 2. The summed E-state index contributed by atoms with van der Waals surface area (Å²) in [6, 6.07) is 8.66. The summed E-state index contributed by atoms with van der Waals surface area (Å²) in [5, 5.41) is 8.68. The van der Waals surface area contributed by atoms with E-state index in [1.165, 1.54) is 0 Å². The van der Waals surface area contributed by atoms with Crippen molar-refractivity contribution in [2.45, 2.75) is 12.8 Å². The van der Waals surface area contributed by atoms with Gasteiger partial charge in [-0.25, -0.2) is 0 Å². The van der Waals surface area contributed by atoms with E-state index in [-0.39, 0.29) is 11.6 Å². The van der Waals surface area contributed by atoms with Crippen LogP contribution in [0.1, 0.15) is 28.8 Å². The lowest BCUT2D eigenvalue weighted by molar-refractivity contribution is -0.121. The van der Waals surface area contributed by atoms with Gasteiger partial charge >= 0.3 is 0 Å². The van der Waals surface area contributed by atoms with Gasteiger partial charge in [0.1, 0.15) is 5.78 Å². The Morgan fingerprint density at radius 2 is 1.83 bits per heavy atom. The molecule has 0 amide bonds. The number of benzene rings is 1. The molecule has 4 heteroatoms. The molecule has 0 spiro atoms. The minimum absolute atomic E-state index is 0.0360. The summed E-state index contributed by atoms with van der Waals surface area (Å²) in [7, 11) is 0. The second-order valence-corrected chi connectivity index (χ2v) is 4.43. The average molecular weight is 242 g/mol. The SMILES string of the molecule is N#Cc1ccc(C(=O)CN2CCC(=O)CC2)cc1. The van der Waals surface area contributed by atoms with Crippen LogP contribution in [0, 0.1) is 11.3 Å². The fraction of sp³-hybridized carbons (Fsp3) is 0.357. The van der Waals surface area contributed by atoms with E-state index in [1.807, 2.05) is 11.0 Å². The third kappa shape index (κ3) is 3.02. The minimum Gasteiger partial charge on any atom is -0.300 e. The third-order valence-corrected chi connectivity index (χ3v) is 3.12. The number of carbonyl (C=O) groups excluding carboxylic acids is 2. The Bertz CT molecular complexity index is 490. The fourth-order valence-corrected chi connectivity index (χ4v) is 1.99. The molecule has 2 rings (SSSR count). The van der Waals surface area contributed by atoms with E-state index in [0.29, 0.717) is 43.6 Å². The molecule has 1 fully saturated rings. The molecule has 1 aliphatic heterocycles. The Kier molecular flexibility index (Phi) is 3.85. The molecule has 0 aromatic heterocycles. The summed E-state index contributed by atoms with van der Waals surface area (Å²) in [6.07, 6.45) is 1.08. The number of piperidine rings is 1. The summed E-state index contributed by atoms with van der Waals surface area (Å²) in [5.74, 6) is 0.311. The Morgan fingerprint density at radius 1 is 1.22 bits per heavy atom. The van der Waals surface area contributed by atoms with E-state index in [4.69, 9.17) is 5.26 Å². The Morgan fingerprint density at radius 3 is 2.39 bits per heavy atom. The Labute approximate surface area is 106 Å². The molecule has 0 atom stereocenters. The van der Waals surface area contributed by atoms with Crippen LogP contribution < -0.4 is 0 Å². The molecule has 92 valence electrons. The lowest BCUT2D eigenvalue weighted by atomic mass is 10.1. The van der Waals surface area contributed by atoms with Gasteiger partial charge in [-0.2, -0.15) is 5.26 Å². The predicted molar refractivity (Wildman–Crippen MR) is 66.2 cm³/mol. The van der Waals surface area contributed by atoms with Crippen molar-refractivity contribution in [2.75, 3.05) is 19.6 Å². The van der Waals surface area contributed by atoms with Gasteiger partial charge in [-0.15, -0.1) is 0 Å². The first-order chi connectivity index (χ1) is 8.69. The number of nitriles is 1. The number of carbonyl (C=O) groups is 2. The summed E-state index contributed by atoms with van der Waals surface area (Å²) >= 11 is 0. The van der Waals surface area contributed by atoms with E-state index >= 15 is 0 Å². The molecule has 0 saturated carbocycles. The standard InChI is InChI=1S/C14H14N2O2/c15-9-11-1-3-12(4-2-11)14(18)10-16-7-5-13(17)6-8-16/h1-4H,5-8,10H2. The average Bonchev–Trinajstić information content (AvgIpc) is 2.41. The zero-order valence-corrected chi connectivity index (χ0v) is 10.1. The molecule has 1 aromatic carbocycles. The molecule has 0 radical (unpaired) electrons. The molecular weight excluding hydrogens is 228 g/mol. The number of likely N-dealkylation sites (tertiary alicyclic amines) is 1. The van der Waals surface area contributed by atoms with E-state index in [9.17, 15) is 9.59 Å². The van der Waals surface area contributed by atoms with Crippen LogP contribution in [0.3, 0.4) is 0 Å². The second kappa shape index (κ2) is 5.56. The van der Waals surface area contributed by atoms with E-state index in [2.05, 4.69) is 0 Å². The quantitative estimate of drug-likeness (QED) is 0.752. The summed E-state index contributed by atoms with van der Waals surface area (Å²) in [4.78, 5) is 25.1. The smallest absolute Gasteiger partial charge is 0.176 e. The van der Waals surface area contributed by atoms with Crippen molar-refractivity contribution in [3.05, 3.63) is 35.4 Å². The molecule has 1 aliphatic rings. The van der Waals surface area contributed by atoms with Crippen molar-refractivity contribution in [1.29, 1.82) is 5.26 Å². The maximum Gasteiger partial charge on any atom is 0.176 e. The Balaban J connectivity index is 1.95. The zero-order valence-electron chi connectivity index (χ0n) is 10.1. The van der Waals surface area contributed by atoms with Crippen LogP contribution in [0.2, 0.25) is 0 Å². The molecule has 1 heterocycles. The molecule has 1 aromatic rings. The highest BCUT2D eigenvalue weighted by atomic mass is 16.1. The van der Waals surface area contributed by atoms with Crippen molar-refractivity contribution in [3.63, 3.8) is 0 Å². The molecule has 1 saturated heterocycles. The molecule has 0 N–H and O–H groups in total.